The first kappa shape index (κ1) is 15.1. The first-order chi connectivity index (χ1) is 11.6. The van der Waals surface area contributed by atoms with Crippen molar-refractivity contribution in [1.29, 1.82) is 0 Å². The zero-order chi connectivity index (χ0) is 16.8. The van der Waals surface area contributed by atoms with E-state index in [-0.39, 0.29) is 17.8 Å². The molecule has 5 N–H and O–H groups in total. The molecule has 1 aromatic carbocycles. The summed E-state index contributed by atoms with van der Waals surface area (Å²) in [5, 5.41) is 7.46. The number of para-hydroxylation sites is 1. The minimum atomic E-state index is -0.450. The van der Waals surface area contributed by atoms with Gasteiger partial charge < -0.3 is 16.8 Å². The Morgan fingerprint density at radius 3 is 3.04 bits per heavy atom. The molecule has 24 heavy (non-hydrogen) atoms. The SMILES string of the molecule is Nc1c2c(nn1C(=O)C1CCNc3c(F)cccc31)CCC(N)C2. The lowest BCUT2D eigenvalue weighted by Crippen LogP contribution is -2.29. The van der Waals surface area contributed by atoms with Crippen LogP contribution < -0.4 is 16.8 Å². The van der Waals surface area contributed by atoms with Crippen LogP contribution in [0.5, 0.6) is 0 Å². The fourth-order valence-electron chi connectivity index (χ4n) is 3.71. The second-order valence-corrected chi connectivity index (χ2v) is 6.54. The molecule has 0 saturated heterocycles. The van der Waals surface area contributed by atoms with Gasteiger partial charge in [0.25, 0.3) is 5.91 Å². The van der Waals surface area contributed by atoms with E-state index >= 15 is 0 Å². The van der Waals surface area contributed by atoms with Crippen molar-refractivity contribution in [3.05, 3.63) is 40.8 Å². The third-order valence-corrected chi connectivity index (χ3v) is 4.99. The normalized spacial score (nSPS) is 22.4. The lowest BCUT2D eigenvalue weighted by Gasteiger charge is -2.26. The van der Waals surface area contributed by atoms with E-state index in [4.69, 9.17) is 11.5 Å². The van der Waals surface area contributed by atoms with E-state index in [0.29, 0.717) is 36.5 Å². The average Bonchev–Trinajstić information content (AvgIpc) is 2.91. The highest BCUT2D eigenvalue weighted by Crippen LogP contribution is 2.35. The Balaban J connectivity index is 1.73. The van der Waals surface area contributed by atoms with Crippen LogP contribution >= 0.6 is 0 Å². The molecule has 2 heterocycles. The molecule has 0 saturated carbocycles. The highest BCUT2D eigenvalue weighted by atomic mass is 19.1. The number of benzene rings is 1. The highest BCUT2D eigenvalue weighted by Gasteiger charge is 2.32. The maximum Gasteiger partial charge on any atom is 0.256 e. The number of hydrogen-bond acceptors (Lipinski definition) is 5. The number of nitrogens with zero attached hydrogens (tertiary/aromatic N) is 2. The molecule has 2 aromatic rings. The van der Waals surface area contributed by atoms with Gasteiger partial charge in [-0.1, -0.05) is 12.1 Å². The van der Waals surface area contributed by atoms with Gasteiger partial charge in [0.2, 0.25) is 0 Å². The van der Waals surface area contributed by atoms with Crippen LogP contribution in [-0.2, 0) is 12.8 Å². The topological polar surface area (TPSA) is 99.0 Å². The van der Waals surface area contributed by atoms with Gasteiger partial charge >= 0.3 is 0 Å². The zero-order valence-corrected chi connectivity index (χ0v) is 13.3. The predicted molar refractivity (Wildman–Crippen MR) is 89.5 cm³/mol. The molecule has 0 amide bonds. The van der Waals surface area contributed by atoms with Crippen LogP contribution in [0, 0.1) is 5.82 Å². The van der Waals surface area contributed by atoms with Gasteiger partial charge in [-0.2, -0.15) is 9.78 Å². The summed E-state index contributed by atoms with van der Waals surface area (Å²) < 4.78 is 15.3. The van der Waals surface area contributed by atoms with Crippen molar-refractivity contribution in [2.75, 3.05) is 17.6 Å². The lowest BCUT2D eigenvalue weighted by molar-refractivity contribution is 0.0859. The van der Waals surface area contributed by atoms with Crippen molar-refractivity contribution in [2.24, 2.45) is 5.73 Å². The summed E-state index contributed by atoms with van der Waals surface area (Å²) in [4.78, 5) is 13.0. The molecular weight excluding hydrogens is 309 g/mol. The molecule has 0 fully saturated rings. The van der Waals surface area contributed by atoms with E-state index < -0.39 is 5.92 Å². The number of carbonyl (C=O) groups excluding carboxylic acids is 1. The Morgan fingerprint density at radius 1 is 1.38 bits per heavy atom. The van der Waals surface area contributed by atoms with Gasteiger partial charge in [-0.05, 0) is 37.3 Å². The van der Waals surface area contributed by atoms with Gasteiger partial charge in [0.1, 0.15) is 11.6 Å². The van der Waals surface area contributed by atoms with Crippen LogP contribution in [0.4, 0.5) is 15.9 Å². The lowest BCUT2D eigenvalue weighted by atomic mass is 9.90. The van der Waals surface area contributed by atoms with Gasteiger partial charge in [-0.15, -0.1) is 0 Å². The smallest absolute Gasteiger partial charge is 0.256 e. The maximum atomic E-state index is 14.0. The molecule has 4 rings (SSSR count). The molecule has 1 aliphatic heterocycles. The number of aryl methyl sites for hydroxylation is 1. The third kappa shape index (κ3) is 2.27. The molecule has 2 aliphatic rings. The zero-order valence-electron chi connectivity index (χ0n) is 13.3. The summed E-state index contributed by atoms with van der Waals surface area (Å²) in [6.07, 6.45) is 2.81. The number of nitrogen functional groups attached to an aromatic ring is 1. The Kier molecular flexibility index (Phi) is 3.53. The molecule has 2 atom stereocenters. The highest BCUT2D eigenvalue weighted by molar-refractivity contribution is 5.90. The Bertz CT molecular complexity index is 816. The van der Waals surface area contributed by atoms with Gasteiger partial charge in [-0.3, -0.25) is 4.79 Å². The second-order valence-electron chi connectivity index (χ2n) is 6.54. The average molecular weight is 329 g/mol. The number of fused-ring (bicyclic) bond motifs is 2. The number of nitrogens with two attached hydrogens (primary N) is 2. The summed E-state index contributed by atoms with van der Waals surface area (Å²) >= 11 is 0. The van der Waals surface area contributed by atoms with Crippen LogP contribution in [0.15, 0.2) is 18.2 Å². The van der Waals surface area contributed by atoms with Crippen LogP contribution in [0.2, 0.25) is 0 Å². The molecule has 0 bridgehead atoms. The Hall–Kier alpha value is -2.41. The first-order valence-electron chi connectivity index (χ1n) is 8.24. The fraction of sp³-hybridized carbons (Fsp3) is 0.412. The fourth-order valence-corrected chi connectivity index (χ4v) is 3.71. The summed E-state index contributed by atoms with van der Waals surface area (Å²) in [7, 11) is 0. The van der Waals surface area contributed by atoms with E-state index in [0.717, 1.165) is 24.1 Å². The van der Waals surface area contributed by atoms with E-state index in [1.165, 1.54) is 10.7 Å². The molecule has 7 heteroatoms. The van der Waals surface area contributed by atoms with Crippen LogP contribution in [0.1, 0.15) is 40.4 Å². The van der Waals surface area contributed by atoms with Crippen molar-refractivity contribution in [3.63, 3.8) is 0 Å². The van der Waals surface area contributed by atoms with E-state index in [1.807, 2.05) is 0 Å². The van der Waals surface area contributed by atoms with Gasteiger partial charge in [0, 0.05) is 18.2 Å². The van der Waals surface area contributed by atoms with Crippen LogP contribution in [-0.4, -0.2) is 28.3 Å². The predicted octanol–water partition coefficient (Wildman–Crippen LogP) is 1.66. The number of hydrogen-bond donors (Lipinski definition) is 3. The third-order valence-electron chi connectivity index (χ3n) is 4.99. The summed E-state index contributed by atoms with van der Waals surface area (Å²) in [5.41, 5.74) is 15.0. The number of carbonyl (C=O) groups is 1. The van der Waals surface area contributed by atoms with Gasteiger partial charge in [0.15, 0.2) is 0 Å². The minimum Gasteiger partial charge on any atom is -0.383 e. The summed E-state index contributed by atoms with van der Waals surface area (Å²) in [5.74, 6) is -0.622. The number of nitrogens with one attached hydrogen (secondary N) is 1. The standard InChI is InChI=1S/C17H20FN5O/c18-13-3-1-2-10-11(6-7-21-15(10)13)17(24)23-16(20)12-8-9(19)4-5-14(12)22-23/h1-3,9,11,21H,4-8,19-20H2. The van der Waals surface area contributed by atoms with Gasteiger partial charge in [-0.25, -0.2) is 4.39 Å². The van der Waals surface area contributed by atoms with Crippen LogP contribution in [0.3, 0.4) is 0 Å². The molecule has 126 valence electrons. The Labute approximate surface area is 139 Å². The molecule has 0 spiro atoms. The van der Waals surface area contributed by atoms with Crippen molar-refractivity contribution in [1.82, 2.24) is 9.78 Å². The molecular formula is C17H20FN5O. The summed E-state index contributed by atoms with van der Waals surface area (Å²) in [6, 6.07) is 4.85. The molecule has 1 aliphatic carbocycles. The first-order valence-corrected chi connectivity index (χ1v) is 8.24. The number of anilines is 2. The van der Waals surface area contributed by atoms with Crippen molar-refractivity contribution >= 4 is 17.4 Å². The second kappa shape index (κ2) is 5.59. The number of rotatable bonds is 1. The van der Waals surface area contributed by atoms with E-state index in [2.05, 4.69) is 10.4 Å². The van der Waals surface area contributed by atoms with Crippen molar-refractivity contribution in [2.45, 2.75) is 37.6 Å². The van der Waals surface area contributed by atoms with Gasteiger partial charge in [0.05, 0.1) is 17.3 Å². The largest absolute Gasteiger partial charge is 0.383 e. The quantitative estimate of drug-likeness (QED) is 0.739. The molecule has 2 unspecified atom stereocenters. The minimum absolute atomic E-state index is 0.0567. The summed E-state index contributed by atoms with van der Waals surface area (Å²) in [6.45, 7) is 0.538. The Morgan fingerprint density at radius 2 is 2.21 bits per heavy atom. The molecule has 0 radical (unpaired) electrons. The number of aromatic nitrogens is 2. The molecule has 6 nitrogen and oxygen atoms in total. The van der Waals surface area contributed by atoms with Crippen molar-refractivity contribution in [3.8, 4) is 0 Å². The monoisotopic (exact) mass is 329 g/mol. The number of halogens is 1. The van der Waals surface area contributed by atoms with Crippen molar-refractivity contribution < 1.29 is 9.18 Å². The maximum absolute atomic E-state index is 14.0. The van der Waals surface area contributed by atoms with E-state index in [1.54, 1.807) is 12.1 Å². The van der Waals surface area contributed by atoms with Crippen LogP contribution in [0.25, 0.3) is 0 Å². The van der Waals surface area contributed by atoms with E-state index in [9.17, 15) is 9.18 Å². The molecule has 1 aromatic heterocycles.